The average Bonchev–Trinajstić information content (AvgIpc) is 3.10. The lowest BCUT2D eigenvalue weighted by Gasteiger charge is -2.17. The van der Waals surface area contributed by atoms with Gasteiger partial charge in [0.1, 0.15) is 29.7 Å². The molecule has 3 rings (SSSR count). The van der Waals surface area contributed by atoms with Crippen molar-refractivity contribution in [3.63, 3.8) is 0 Å². The van der Waals surface area contributed by atoms with E-state index < -0.39 is 17.5 Å². The first-order valence-electron chi connectivity index (χ1n) is 6.83. The van der Waals surface area contributed by atoms with Gasteiger partial charge in [0, 0.05) is 18.2 Å². The van der Waals surface area contributed by atoms with Crippen LogP contribution in [0, 0.1) is 18.6 Å². The van der Waals surface area contributed by atoms with Crippen molar-refractivity contribution in [2.24, 2.45) is 0 Å². The molecule has 116 valence electrons. The van der Waals surface area contributed by atoms with E-state index in [0.29, 0.717) is 17.9 Å². The van der Waals surface area contributed by atoms with Crippen molar-refractivity contribution in [2.75, 3.05) is 18.1 Å². The summed E-state index contributed by atoms with van der Waals surface area (Å²) in [6, 6.07) is 3.80. The predicted molar refractivity (Wildman–Crippen MR) is 73.3 cm³/mol. The van der Waals surface area contributed by atoms with Crippen LogP contribution in [0.1, 0.15) is 17.0 Å². The number of hydrogen-bond donors (Lipinski definition) is 0. The van der Waals surface area contributed by atoms with Crippen LogP contribution in [0.3, 0.4) is 0 Å². The van der Waals surface area contributed by atoms with E-state index in [-0.39, 0.29) is 31.0 Å². The number of benzene rings is 1. The number of aromatic nitrogens is 1. The third-order valence-corrected chi connectivity index (χ3v) is 3.48. The predicted octanol–water partition coefficient (Wildman–Crippen LogP) is 2.37. The van der Waals surface area contributed by atoms with Gasteiger partial charge in [0.25, 0.3) is 5.91 Å². The van der Waals surface area contributed by atoms with E-state index in [0.717, 1.165) is 12.1 Å². The smallest absolute Gasteiger partial charge is 0.253 e. The van der Waals surface area contributed by atoms with Crippen LogP contribution in [0.4, 0.5) is 14.5 Å². The van der Waals surface area contributed by atoms with E-state index in [1.807, 2.05) is 0 Å². The topological polar surface area (TPSA) is 55.6 Å². The van der Waals surface area contributed by atoms with Crippen molar-refractivity contribution in [1.82, 2.24) is 5.16 Å². The number of anilines is 1. The van der Waals surface area contributed by atoms with Gasteiger partial charge in [-0.3, -0.25) is 4.79 Å². The molecule has 0 unspecified atom stereocenters. The number of aryl methyl sites for hydroxylation is 1. The van der Waals surface area contributed by atoms with Gasteiger partial charge in [0.05, 0.1) is 12.3 Å². The van der Waals surface area contributed by atoms with Gasteiger partial charge in [-0.1, -0.05) is 5.16 Å². The Labute approximate surface area is 125 Å². The van der Waals surface area contributed by atoms with Gasteiger partial charge in [-0.05, 0) is 25.5 Å². The number of ether oxygens (including phenoxy) is 1. The molecule has 0 N–H and O–H groups in total. The Kier molecular flexibility index (Phi) is 3.89. The molecule has 0 saturated carbocycles. The number of rotatable bonds is 4. The number of hydrogen-bond acceptors (Lipinski definition) is 4. The lowest BCUT2D eigenvalue weighted by atomic mass is 10.1. The first-order chi connectivity index (χ1) is 10.6. The van der Waals surface area contributed by atoms with Crippen LogP contribution in [0.25, 0.3) is 0 Å². The lowest BCUT2D eigenvalue weighted by molar-refractivity contribution is -0.123. The van der Waals surface area contributed by atoms with Crippen molar-refractivity contribution in [1.29, 1.82) is 0 Å². The normalized spacial score (nSPS) is 13.5. The van der Waals surface area contributed by atoms with Crippen LogP contribution in [-0.4, -0.2) is 24.2 Å². The second-order valence-electron chi connectivity index (χ2n) is 5.07. The Hall–Kier alpha value is -2.28. The highest BCUT2D eigenvalue weighted by atomic mass is 19.1. The molecule has 1 aromatic carbocycles. The highest BCUT2D eigenvalue weighted by Crippen LogP contribution is 2.32. The first-order valence-corrected chi connectivity index (χ1v) is 6.83. The maximum Gasteiger partial charge on any atom is 0.253 e. The summed E-state index contributed by atoms with van der Waals surface area (Å²) < 4.78 is 37.6. The molecule has 2 heterocycles. The number of carbonyl (C=O) groups is 1. The van der Waals surface area contributed by atoms with Gasteiger partial charge in [-0.2, -0.15) is 0 Å². The summed E-state index contributed by atoms with van der Waals surface area (Å²) >= 11 is 0. The fourth-order valence-corrected chi connectivity index (χ4v) is 2.50. The second kappa shape index (κ2) is 5.84. The minimum Gasteiger partial charge on any atom is -0.365 e. The Balaban J connectivity index is 1.64. The maximum absolute atomic E-state index is 13.8. The summed E-state index contributed by atoms with van der Waals surface area (Å²) in [6.45, 7) is 1.88. The second-order valence-corrected chi connectivity index (χ2v) is 5.07. The van der Waals surface area contributed by atoms with Crippen molar-refractivity contribution >= 4 is 11.6 Å². The molecule has 0 fully saturated rings. The summed E-state index contributed by atoms with van der Waals surface area (Å²) in [7, 11) is 0. The van der Waals surface area contributed by atoms with Gasteiger partial charge in [-0.25, -0.2) is 8.78 Å². The average molecular weight is 308 g/mol. The van der Waals surface area contributed by atoms with Crippen LogP contribution < -0.4 is 4.90 Å². The Bertz CT molecular complexity index is 715. The van der Waals surface area contributed by atoms with Crippen LogP contribution in [0.2, 0.25) is 0 Å². The summed E-state index contributed by atoms with van der Waals surface area (Å²) in [5.41, 5.74) is 0.829. The zero-order valence-electron chi connectivity index (χ0n) is 11.9. The molecule has 0 aliphatic carbocycles. The summed E-state index contributed by atoms with van der Waals surface area (Å²) in [5, 5.41) is 3.74. The molecule has 0 saturated heterocycles. The van der Waals surface area contributed by atoms with Crippen LogP contribution in [0.5, 0.6) is 0 Å². The molecular weight excluding hydrogens is 294 g/mol. The number of carbonyl (C=O) groups excluding carboxylic acids is 1. The lowest BCUT2D eigenvalue weighted by Crippen LogP contribution is -2.33. The van der Waals surface area contributed by atoms with E-state index >= 15 is 0 Å². The molecule has 2 aromatic rings. The zero-order chi connectivity index (χ0) is 15.7. The maximum atomic E-state index is 13.8. The zero-order valence-corrected chi connectivity index (χ0v) is 11.9. The standard InChI is InChI=1S/C15H14F2N2O3/c1-9-6-10(18-22-9)7-21-8-14(20)19-5-4-11-12(16)2-3-13(17)15(11)19/h2-3,6H,4-5,7-8H2,1H3. The van der Waals surface area contributed by atoms with Crippen molar-refractivity contribution in [3.05, 3.63) is 46.9 Å². The molecular formula is C15H14F2N2O3. The van der Waals surface area contributed by atoms with Crippen molar-refractivity contribution < 1.29 is 22.8 Å². The van der Waals surface area contributed by atoms with Crippen molar-refractivity contribution in [2.45, 2.75) is 20.0 Å². The summed E-state index contributed by atoms with van der Waals surface area (Å²) in [4.78, 5) is 13.4. The molecule has 1 aliphatic rings. The minimum atomic E-state index is -0.602. The van der Waals surface area contributed by atoms with Gasteiger partial charge >= 0.3 is 0 Å². The molecule has 0 spiro atoms. The fourth-order valence-electron chi connectivity index (χ4n) is 2.50. The number of halogens is 2. The van der Waals surface area contributed by atoms with Crippen LogP contribution in [-0.2, 0) is 22.6 Å². The third kappa shape index (κ3) is 2.71. The van der Waals surface area contributed by atoms with Crippen molar-refractivity contribution in [3.8, 4) is 0 Å². The van der Waals surface area contributed by atoms with Gasteiger partial charge in [0.2, 0.25) is 0 Å². The highest BCUT2D eigenvalue weighted by molar-refractivity contribution is 5.96. The number of nitrogens with zero attached hydrogens (tertiary/aromatic N) is 2. The molecule has 1 aliphatic heterocycles. The quantitative estimate of drug-likeness (QED) is 0.870. The molecule has 22 heavy (non-hydrogen) atoms. The summed E-state index contributed by atoms with van der Waals surface area (Å²) in [5.74, 6) is -0.862. The highest BCUT2D eigenvalue weighted by Gasteiger charge is 2.30. The first kappa shape index (κ1) is 14.6. The van der Waals surface area contributed by atoms with Gasteiger partial charge in [0.15, 0.2) is 0 Å². The Morgan fingerprint density at radius 1 is 1.41 bits per heavy atom. The molecule has 1 amide bonds. The molecule has 1 aromatic heterocycles. The van der Waals surface area contributed by atoms with E-state index in [4.69, 9.17) is 9.26 Å². The molecule has 7 heteroatoms. The molecule has 0 radical (unpaired) electrons. The Morgan fingerprint density at radius 2 is 2.18 bits per heavy atom. The monoisotopic (exact) mass is 308 g/mol. The molecule has 0 atom stereocenters. The number of amides is 1. The SMILES string of the molecule is Cc1cc(COCC(=O)N2CCc3c(F)ccc(F)c32)no1. The van der Waals surface area contributed by atoms with E-state index in [9.17, 15) is 13.6 Å². The minimum absolute atomic E-state index is 0.0193. The van der Waals surface area contributed by atoms with E-state index in [1.165, 1.54) is 4.90 Å². The fraction of sp³-hybridized carbons (Fsp3) is 0.333. The largest absolute Gasteiger partial charge is 0.365 e. The number of fused-ring (bicyclic) bond motifs is 1. The third-order valence-electron chi connectivity index (χ3n) is 3.48. The molecule has 0 bridgehead atoms. The van der Waals surface area contributed by atoms with Gasteiger partial charge < -0.3 is 14.2 Å². The Morgan fingerprint density at radius 3 is 2.91 bits per heavy atom. The summed E-state index contributed by atoms with van der Waals surface area (Å²) in [6.07, 6.45) is 0.299. The van der Waals surface area contributed by atoms with E-state index in [2.05, 4.69) is 5.16 Å². The van der Waals surface area contributed by atoms with E-state index in [1.54, 1.807) is 13.0 Å². The van der Waals surface area contributed by atoms with Gasteiger partial charge in [-0.15, -0.1) is 0 Å². The molecule has 5 nitrogen and oxygen atoms in total. The van der Waals surface area contributed by atoms with Crippen LogP contribution in [0.15, 0.2) is 22.7 Å². The van der Waals surface area contributed by atoms with Crippen LogP contribution >= 0.6 is 0 Å².